The molecule has 180 valence electrons. The summed E-state index contributed by atoms with van der Waals surface area (Å²) in [7, 11) is 3.32. The highest BCUT2D eigenvalue weighted by atomic mass is 16.7. The Morgan fingerprint density at radius 3 is 2.22 bits per heavy atom. The molecule has 0 radical (unpaired) electrons. The van der Waals surface area contributed by atoms with Crippen molar-refractivity contribution in [1.82, 2.24) is 0 Å². The van der Waals surface area contributed by atoms with E-state index in [-0.39, 0.29) is 6.79 Å². The highest BCUT2D eigenvalue weighted by Crippen LogP contribution is 2.47. The molecule has 0 saturated heterocycles. The molecule has 4 aromatic carbocycles. The molecule has 3 heterocycles. The topological polar surface area (TPSA) is 41.0 Å². The van der Waals surface area contributed by atoms with Crippen LogP contribution in [0.15, 0.2) is 97.3 Å². The molecule has 5 heteroatoms. The maximum absolute atomic E-state index is 6.00. The lowest BCUT2D eigenvalue weighted by molar-refractivity contribution is -0.509. The van der Waals surface area contributed by atoms with Crippen molar-refractivity contribution < 1.29 is 23.3 Å². The average Bonchev–Trinajstić information content (AvgIpc) is 3.46. The van der Waals surface area contributed by atoms with E-state index in [1.54, 1.807) is 14.2 Å². The van der Waals surface area contributed by atoms with Gasteiger partial charge in [0.05, 0.1) is 25.0 Å². The van der Waals surface area contributed by atoms with Crippen molar-refractivity contribution >= 4 is 27.1 Å². The Morgan fingerprint density at radius 2 is 1.43 bits per heavy atom. The van der Waals surface area contributed by atoms with Crippen LogP contribution < -0.4 is 23.3 Å². The molecular weight excluding hydrogens is 462 g/mol. The van der Waals surface area contributed by atoms with Crippen molar-refractivity contribution in [3.63, 3.8) is 0 Å². The third kappa shape index (κ3) is 3.35. The van der Waals surface area contributed by atoms with Crippen molar-refractivity contribution in [3.8, 4) is 45.3 Å². The smallest absolute Gasteiger partial charge is 0.231 e. The predicted molar refractivity (Wildman–Crippen MR) is 145 cm³/mol. The second-order valence-corrected chi connectivity index (χ2v) is 9.08. The minimum atomic E-state index is 0.212. The summed E-state index contributed by atoms with van der Waals surface area (Å²) in [6, 6.07) is 29.5. The molecule has 1 aliphatic heterocycles. The summed E-state index contributed by atoms with van der Waals surface area (Å²) in [5, 5.41) is 4.16. The Bertz CT molecular complexity index is 1810. The third-order valence-corrected chi connectivity index (χ3v) is 7.12. The van der Waals surface area contributed by atoms with Crippen molar-refractivity contribution in [2.24, 2.45) is 0 Å². The summed E-state index contributed by atoms with van der Waals surface area (Å²) in [4.78, 5) is 0. The molecule has 7 rings (SSSR count). The summed E-state index contributed by atoms with van der Waals surface area (Å²) < 4.78 is 25.3. The van der Waals surface area contributed by atoms with Gasteiger partial charge in [0.1, 0.15) is 0 Å². The molecule has 2 aromatic heterocycles. The number of pyridine rings is 2. The summed E-state index contributed by atoms with van der Waals surface area (Å²) in [5.74, 6) is 3.01. The van der Waals surface area contributed by atoms with Crippen molar-refractivity contribution in [2.75, 3.05) is 21.0 Å². The van der Waals surface area contributed by atoms with Crippen LogP contribution >= 0.6 is 0 Å². The first kappa shape index (κ1) is 21.5. The molecule has 0 fully saturated rings. The fourth-order valence-electron chi connectivity index (χ4n) is 5.30. The minimum Gasteiger partial charge on any atom is -0.493 e. The van der Waals surface area contributed by atoms with Gasteiger partial charge in [-0.05, 0) is 40.3 Å². The van der Waals surface area contributed by atoms with Gasteiger partial charge in [0, 0.05) is 23.1 Å². The summed E-state index contributed by atoms with van der Waals surface area (Å²) in [5.41, 5.74) is 5.53. The first-order chi connectivity index (χ1) is 18.2. The molecular formula is C32H24NO4+. The van der Waals surface area contributed by atoms with E-state index < -0.39 is 0 Å². The largest absolute Gasteiger partial charge is 0.493 e. The molecule has 5 nitrogen and oxygen atoms in total. The first-order valence-corrected chi connectivity index (χ1v) is 12.2. The summed E-state index contributed by atoms with van der Waals surface area (Å²) in [6.45, 7) is 0.212. The second-order valence-electron chi connectivity index (χ2n) is 9.08. The lowest BCUT2D eigenvalue weighted by Gasteiger charge is -2.12. The first-order valence-electron chi connectivity index (χ1n) is 12.2. The van der Waals surface area contributed by atoms with E-state index >= 15 is 0 Å². The number of rotatable bonds is 4. The van der Waals surface area contributed by atoms with Gasteiger partial charge in [-0.25, -0.2) is 0 Å². The zero-order chi connectivity index (χ0) is 24.9. The minimum absolute atomic E-state index is 0.212. The molecule has 0 amide bonds. The fraction of sp³-hybridized carbons (Fsp3) is 0.0938. The molecule has 0 unspecified atom stereocenters. The third-order valence-electron chi connectivity index (χ3n) is 7.12. The van der Waals surface area contributed by atoms with Gasteiger partial charge in [-0.1, -0.05) is 54.6 Å². The lowest BCUT2D eigenvalue weighted by atomic mass is 9.96. The van der Waals surface area contributed by atoms with Crippen LogP contribution in [0.25, 0.3) is 49.3 Å². The van der Waals surface area contributed by atoms with E-state index in [9.17, 15) is 0 Å². The van der Waals surface area contributed by atoms with Gasteiger partial charge in [0.25, 0.3) is 0 Å². The Balaban J connectivity index is 1.45. The predicted octanol–water partition coefficient (Wildman–Crippen LogP) is 6.81. The van der Waals surface area contributed by atoms with E-state index in [1.165, 1.54) is 11.1 Å². The number of aromatic nitrogens is 1. The molecule has 6 aromatic rings. The molecule has 0 saturated carbocycles. The quantitative estimate of drug-likeness (QED) is 0.156. The van der Waals surface area contributed by atoms with Crippen LogP contribution in [0.4, 0.5) is 0 Å². The average molecular weight is 487 g/mol. The van der Waals surface area contributed by atoms with Crippen molar-refractivity contribution in [2.45, 2.75) is 0 Å². The summed E-state index contributed by atoms with van der Waals surface area (Å²) in [6.07, 6.45) is 4.14. The normalized spacial score (nSPS) is 12.4. The molecule has 37 heavy (non-hydrogen) atoms. The number of hydrogen-bond acceptors (Lipinski definition) is 4. The van der Waals surface area contributed by atoms with Gasteiger partial charge in [-0.15, -0.1) is 0 Å². The molecule has 0 aliphatic carbocycles. The van der Waals surface area contributed by atoms with E-state index in [1.807, 2.05) is 18.3 Å². The van der Waals surface area contributed by atoms with E-state index in [0.717, 1.165) is 55.4 Å². The Labute approximate surface area is 214 Å². The monoisotopic (exact) mass is 486 g/mol. The van der Waals surface area contributed by atoms with Crippen LogP contribution in [0.1, 0.15) is 0 Å². The van der Waals surface area contributed by atoms with Crippen molar-refractivity contribution in [1.29, 1.82) is 0 Å². The van der Waals surface area contributed by atoms with Crippen molar-refractivity contribution in [3.05, 3.63) is 97.3 Å². The summed E-state index contributed by atoms with van der Waals surface area (Å²) >= 11 is 0. The lowest BCUT2D eigenvalue weighted by Crippen LogP contribution is -2.20. The van der Waals surface area contributed by atoms with Gasteiger partial charge in [0.15, 0.2) is 35.4 Å². The van der Waals surface area contributed by atoms with Crippen LogP contribution in [-0.2, 0) is 0 Å². The van der Waals surface area contributed by atoms with Gasteiger partial charge < -0.3 is 18.9 Å². The highest BCUT2D eigenvalue weighted by molar-refractivity contribution is 6.05. The zero-order valence-electron chi connectivity index (χ0n) is 20.5. The maximum atomic E-state index is 6.00. The Kier molecular flexibility index (Phi) is 4.89. The van der Waals surface area contributed by atoms with E-state index in [2.05, 4.69) is 83.4 Å². The molecule has 0 spiro atoms. The van der Waals surface area contributed by atoms with E-state index in [0.29, 0.717) is 5.75 Å². The van der Waals surface area contributed by atoms with Crippen LogP contribution in [0.2, 0.25) is 0 Å². The number of ether oxygens (including phenoxy) is 4. The molecule has 1 aliphatic rings. The zero-order valence-corrected chi connectivity index (χ0v) is 20.5. The van der Waals surface area contributed by atoms with Crippen LogP contribution in [0.3, 0.4) is 0 Å². The standard InChI is InChI=1S/C32H24NO4/c1-34-29-13-12-23-16-28-26-17-25(22-10-8-21(9-11-22)20-6-4-3-5-7-20)32-31(36-19-37-32)24(26)14-15-33(28)18-27(23)30(29)35-2/h3-18H,19H2,1-2H3/q+1. The molecule has 0 atom stereocenters. The van der Waals surface area contributed by atoms with Gasteiger partial charge in [0.2, 0.25) is 12.3 Å². The maximum Gasteiger partial charge on any atom is 0.231 e. The SMILES string of the molecule is COc1ccc2cc3c4cc(-c5ccc(-c6ccccc6)cc5)c5c(c4cc[n+]3cc2c1OC)OCO5. The van der Waals surface area contributed by atoms with Gasteiger partial charge >= 0.3 is 0 Å². The number of fused-ring (bicyclic) bond motifs is 6. The number of nitrogens with zero attached hydrogens (tertiary/aromatic N) is 1. The highest BCUT2D eigenvalue weighted by Gasteiger charge is 2.26. The van der Waals surface area contributed by atoms with Gasteiger partial charge in [-0.3, -0.25) is 0 Å². The van der Waals surface area contributed by atoms with Crippen LogP contribution in [0, 0.1) is 0 Å². The molecule has 0 bridgehead atoms. The fourth-order valence-corrected chi connectivity index (χ4v) is 5.30. The molecule has 0 N–H and O–H groups in total. The second kappa shape index (κ2) is 8.42. The Morgan fingerprint density at radius 1 is 0.676 bits per heavy atom. The number of hydrogen-bond donors (Lipinski definition) is 0. The van der Waals surface area contributed by atoms with E-state index in [4.69, 9.17) is 18.9 Å². The number of benzene rings is 4. The Hall–Kier alpha value is -4.77. The van der Waals surface area contributed by atoms with Crippen LogP contribution in [0.5, 0.6) is 23.0 Å². The van der Waals surface area contributed by atoms with Crippen LogP contribution in [-0.4, -0.2) is 21.0 Å². The number of methoxy groups -OCH3 is 2. The van der Waals surface area contributed by atoms with Gasteiger partial charge in [-0.2, -0.15) is 4.40 Å².